The van der Waals surface area contributed by atoms with Crippen molar-refractivity contribution in [3.8, 4) is 0 Å². The van der Waals surface area contributed by atoms with Crippen LogP contribution in [0.4, 0.5) is 13.2 Å². The molecule has 0 aromatic rings. The Hall–Kier alpha value is -0.780. The van der Waals surface area contributed by atoms with E-state index in [0.29, 0.717) is 0 Å². The number of alkyl halides is 3. The number of rotatable bonds is 2. The fourth-order valence-electron chi connectivity index (χ4n) is 1.70. The minimum atomic E-state index is -4.22. The molecule has 82 valence electrons. The maximum atomic E-state index is 12.1. The van der Waals surface area contributed by atoms with Crippen molar-refractivity contribution >= 4 is 5.91 Å². The van der Waals surface area contributed by atoms with Crippen LogP contribution in [-0.4, -0.2) is 35.7 Å². The minimum absolute atomic E-state index is 0.128. The van der Waals surface area contributed by atoms with Gasteiger partial charge in [0.1, 0.15) is 0 Å². The molecular formula is C8H13F3N2O. The lowest BCUT2D eigenvalue weighted by atomic mass is 10.2. The number of halogens is 3. The van der Waals surface area contributed by atoms with Crippen molar-refractivity contribution in [2.75, 3.05) is 6.54 Å². The molecule has 0 bridgehead atoms. The third-order valence-electron chi connectivity index (χ3n) is 2.26. The van der Waals surface area contributed by atoms with E-state index in [1.165, 1.54) is 11.8 Å². The largest absolute Gasteiger partial charge is 0.391 e. The fourth-order valence-corrected chi connectivity index (χ4v) is 1.70. The van der Waals surface area contributed by atoms with Crippen molar-refractivity contribution < 1.29 is 18.0 Å². The lowest BCUT2D eigenvalue weighted by molar-refractivity contribution is -0.152. The van der Waals surface area contributed by atoms with Gasteiger partial charge in [0.15, 0.2) is 0 Å². The second-order valence-electron chi connectivity index (χ2n) is 3.53. The van der Waals surface area contributed by atoms with E-state index < -0.39 is 18.6 Å². The molecular weight excluding hydrogens is 197 g/mol. The molecule has 0 aliphatic carbocycles. The summed E-state index contributed by atoms with van der Waals surface area (Å²) in [6.07, 6.45) is -5.48. The third kappa shape index (κ3) is 2.60. The summed E-state index contributed by atoms with van der Waals surface area (Å²) in [4.78, 5) is 12.5. The first kappa shape index (κ1) is 11.3. The van der Waals surface area contributed by atoms with E-state index in [2.05, 4.69) is 5.32 Å². The van der Waals surface area contributed by atoms with Crippen LogP contribution in [0.3, 0.4) is 0 Å². The molecule has 1 fully saturated rings. The highest BCUT2D eigenvalue weighted by molar-refractivity contribution is 5.80. The predicted octanol–water partition coefficient (Wildman–Crippen LogP) is 1.11. The van der Waals surface area contributed by atoms with Crippen LogP contribution in [0.1, 0.15) is 20.3 Å². The van der Waals surface area contributed by atoms with Gasteiger partial charge in [-0.05, 0) is 13.8 Å². The van der Waals surface area contributed by atoms with Crippen LogP contribution >= 0.6 is 0 Å². The Kier molecular flexibility index (Phi) is 3.04. The molecule has 1 aliphatic heterocycles. The van der Waals surface area contributed by atoms with Crippen molar-refractivity contribution in [2.24, 2.45) is 0 Å². The van der Waals surface area contributed by atoms with E-state index in [-0.39, 0.29) is 18.6 Å². The van der Waals surface area contributed by atoms with Gasteiger partial charge in [-0.15, -0.1) is 0 Å². The standard InChI is InChI=1S/C8H13F3N2O/c1-5(3-8(9,10)11)13-6(2)12-4-7(13)14/h5-6,12H,3-4H2,1-2H3. The van der Waals surface area contributed by atoms with E-state index in [1.807, 2.05) is 0 Å². The lowest BCUT2D eigenvalue weighted by Gasteiger charge is -2.28. The molecule has 1 rings (SSSR count). The van der Waals surface area contributed by atoms with Crippen molar-refractivity contribution in [2.45, 2.75) is 38.7 Å². The molecule has 0 aromatic heterocycles. The number of carbonyl (C=O) groups excluding carboxylic acids is 1. The Bertz CT molecular complexity index is 229. The van der Waals surface area contributed by atoms with Crippen LogP contribution in [0.2, 0.25) is 0 Å². The van der Waals surface area contributed by atoms with E-state index in [0.717, 1.165) is 0 Å². The number of carbonyl (C=O) groups is 1. The summed E-state index contributed by atoms with van der Waals surface area (Å²) in [6, 6.07) is -0.799. The summed E-state index contributed by atoms with van der Waals surface area (Å²) in [5.41, 5.74) is 0. The van der Waals surface area contributed by atoms with Crippen LogP contribution in [0, 0.1) is 0 Å². The Morgan fingerprint density at radius 1 is 1.64 bits per heavy atom. The third-order valence-corrected chi connectivity index (χ3v) is 2.26. The van der Waals surface area contributed by atoms with Crippen molar-refractivity contribution in [3.63, 3.8) is 0 Å². The van der Waals surface area contributed by atoms with E-state index in [9.17, 15) is 18.0 Å². The normalized spacial score (nSPS) is 25.6. The van der Waals surface area contributed by atoms with Gasteiger partial charge in [-0.1, -0.05) is 0 Å². The van der Waals surface area contributed by atoms with Crippen LogP contribution < -0.4 is 5.32 Å². The van der Waals surface area contributed by atoms with Crippen LogP contribution in [0.5, 0.6) is 0 Å². The Balaban J connectivity index is 2.59. The van der Waals surface area contributed by atoms with Gasteiger partial charge in [0, 0.05) is 6.04 Å². The summed E-state index contributed by atoms with van der Waals surface area (Å²) in [5, 5.41) is 2.80. The molecule has 1 amide bonds. The second-order valence-corrected chi connectivity index (χ2v) is 3.53. The zero-order valence-corrected chi connectivity index (χ0v) is 8.06. The van der Waals surface area contributed by atoms with Gasteiger partial charge < -0.3 is 4.90 Å². The molecule has 6 heteroatoms. The molecule has 14 heavy (non-hydrogen) atoms. The Labute approximate surface area is 80.3 Å². The molecule has 0 radical (unpaired) electrons. The smallest absolute Gasteiger partial charge is 0.323 e. The molecule has 0 spiro atoms. The molecule has 2 unspecified atom stereocenters. The second kappa shape index (κ2) is 3.76. The van der Waals surface area contributed by atoms with E-state index in [1.54, 1.807) is 6.92 Å². The minimum Gasteiger partial charge on any atom is -0.323 e. The van der Waals surface area contributed by atoms with Gasteiger partial charge in [-0.3, -0.25) is 10.1 Å². The van der Waals surface area contributed by atoms with E-state index in [4.69, 9.17) is 0 Å². The quantitative estimate of drug-likeness (QED) is 0.740. The molecule has 1 aliphatic rings. The first-order chi connectivity index (χ1) is 6.31. The number of nitrogens with one attached hydrogen (secondary N) is 1. The number of amides is 1. The summed E-state index contributed by atoms with van der Waals surface area (Å²) >= 11 is 0. The highest BCUT2D eigenvalue weighted by Crippen LogP contribution is 2.25. The molecule has 0 saturated carbocycles. The molecule has 1 heterocycles. The zero-order valence-electron chi connectivity index (χ0n) is 8.06. The van der Waals surface area contributed by atoms with Gasteiger partial charge in [-0.2, -0.15) is 13.2 Å². The zero-order chi connectivity index (χ0) is 10.9. The summed E-state index contributed by atoms with van der Waals surface area (Å²) in [6.45, 7) is 3.22. The number of hydrogen-bond donors (Lipinski definition) is 1. The molecule has 3 nitrogen and oxygen atoms in total. The van der Waals surface area contributed by atoms with Gasteiger partial charge in [0.25, 0.3) is 0 Å². The molecule has 0 aromatic carbocycles. The highest BCUT2D eigenvalue weighted by Gasteiger charge is 2.37. The average molecular weight is 210 g/mol. The monoisotopic (exact) mass is 210 g/mol. The van der Waals surface area contributed by atoms with Gasteiger partial charge >= 0.3 is 6.18 Å². The number of hydrogen-bond acceptors (Lipinski definition) is 2. The summed E-state index contributed by atoms with van der Waals surface area (Å²) < 4.78 is 36.2. The average Bonchev–Trinajstić information content (AvgIpc) is 2.27. The Morgan fingerprint density at radius 3 is 2.57 bits per heavy atom. The highest BCUT2D eigenvalue weighted by atomic mass is 19.4. The molecule has 2 atom stereocenters. The molecule has 1 saturated heterocycles. The SMILES string of the molecule is CC(CC(F)(F)F)N1C(=O)CNC1C. The van der Waals surface area contributed by atoms with Crippen LogP contribution in [0.15, 0.2) is 0 Å². The summed E-state index contributed by atoms with van der Waals surface area (Å²) in [5.74, 6) is -0.269. The topological polar surface area (TPSA) is 32.3 Å². The van der Waals surface area contributed by atoms with Crippen LogP contribution in [0.25, 0.3) is 0 Å². The molecule has 1 N–H and O–H groups in total. The van der Waals surface area contributed by atoms with Gasteiger partial charge in [-0.25, -0.2) is 0 Å². The van der Waals surface area contributed by atoms with Gasteiger partial charge in [0.2, 0.25) is 5.91 Å². The van der Waals surface area contributed by atoms with Crippen LogP contribution in [-0.2, 0) is 4.79 Å². The maximum Gasteiger partial charge on any atom is 0.391 e. The first-order valence-corrected chi connectivity index (χ1v) is 4.42. The maximum absolute atomic E-state index is 12.1. The Morgan fingerprint density at radius 2 is 2.21 bits per heavy atom. The van der Waals surface area contributed by atoms with Crippen molar-refractivity contribution in [3.05, 3.63) is 0 Å². The van der Waals surface area contributed by atoms with E-state index >= 15 is 0 Å². The van der Waals surface area contributed by atoms with Crippen molar-refractivity contribution in [1.82, 2.24) is 10.2 Å². The predicted molar refractivity (Wildman–Crippen MR) is 44.4 cm³/mol. The number of nitrogens with zero attached hydrogens (tertiary/aromatic N) is 1. The lowest BCUT2D eigenvalue weighted by Crippen LogP contribution is -2.43. The first-order valence-electron chi connectivity index (χ1n) is 4.42. The fraction of sp³-hybridized carbons (Fsp3) is 0.875. The van der Waals surface area contributed by atoms with Crippen molar-refractivity contribution in [1.29, 1.82) is 0 Å². The van der Waals surface area contributed by atoms with Gasteiger partial charge in [0.05, 0.1) is 19.1 Å². The summed E-state index contributed by atoms with van der Waals surface area (Å²) in [7, 11) is 0.